The van der Waals surface area contributed by atoms with Crippen LogP contribution in [0.1, 0.15) is 23.6 Å². The Labute approximate surface area is 100 Å². The average Bonchev–Trinajstić information content (AvgIpc) is 2.78. The van der Waals surface area contributed by atoms with Crippen molar-refractivity contribution in [2.24, 2.45) is 0 Å². The van der Waals surface area contributed by atoms with Gasteiger partial charge in [0.2, 0.25) is 0 Å². The van der Waals surface area contributed by atoms with Gasteiger partial charge in [-0.25, -0.2) is 0 Å². The minimum absolute atomic E-state index is 0.521. The monoisotopic (exact) mass is 219 g/mol. The van der Waals surface area contributed by atoms with Gasteiger partial charge >= 0.3 is 0 Å². The Bertz CT molecular complexity index is 683. The number of benzene rings is 1. The summed E-state index contributed by atoms with van der Waals surface area (Å²) in [6, 6.07) is 8.55. The van der Waals surface area contributed by atoms with Gasteiger partial charge in [0.15, 0.2) is 0 Å². The summed E-state index contributed by atoms with van der Waals surface area (Å²) in [4.78, 5) is 3.59. The Morgan fingerprint density at radius 1 is 1.12 bits per heavy atom. The lowest BCUT2D eigenvalue weighted by Crippen LogP contribution is -2.07. The molecule has 0 saturated carbocycles. The first-order valence-electron chi connectivity index (χ1n) is 6.09. The van der Waals surface area contributed by atoms with Gasteiger partial charge in [-0.05, 0) is 18.1 Å². The minimum atomic E-state index is 0.521. The number of para-hydroxylation sites is 1. The normalized spacial score (nSPS) is 21.2. The maximum Gasteiger partial charge on any atom is 0.0462 e. The van der Waals surface area contributed by atoms with Gasteiger partial charge in [0.25, 0.3) is 0 Å². The predicted octanol–water partition coefficient (Wildman–Crippen LogP) is 4.16. The number of fused-ring (bicyclic) bond motifs is 5. The Balaban J connectivity index is 2.02. The molecule has 1 heteroatoms. The van der Waals surface area contributed by atoms with Crippen molar-refractivity contribution in [3.8, 4) is 0 Å². The summed E-state index contributed by atoms with van der Waals surface area (Å²) in [6.45, 7) is 0. The number of rotatable bonds is 0. The van der Waals surface area contributed by atoms with Crippen LogP contribution in [0.2, 0.25) is 0 Å². The molecule has 2 aromatic rings. The molecule has 17 heavy (non-hydrogen) atoms. The lowest BCUT2D eigenvalue weighted by molar-refractivity contribution is 0.788. The lowest BCUT2D eigenvalue weighted by atomic mass is 9.83. The van der Waals surface area contributed by atoms with Crippen LogP contribution in [0.15, 0.2) is 54.1 Å². The van der Waals surface area contributed by atoms with Gasteiger partial charge in [-0.1, -0.05) is 48.6 Å². The third-order valence-electron chi connectivity index (χ3n) is 3.77. The smallest absolute Gasteiger partial charge is 0.0462 e. The minimum Gasteiger partial charge on any atom is -0.357 e. The summed E-state index contributed by atoms with van der Waals surface area (Å²) in [6.07, 6.45) is 12.2. The molecule has 1 aromatic heterocycles. The second kappa shape index (κ2) is 3.24. The lowest BCUT2D eigenvalue weighted by Gasteiger charge is -2.22. The van der Waals surface area contributed by atoms with Crippen LogP contribution in [0.25, 0.3) is 17.0 Å². The van der Waals surface area contributed by atoms with Crippen molar-refractivity contribution in [1.82, 2.24) is 4.98 Å². The number of nitrogens with one attached hydrogen (secondary N) is 1. The molecule has 2 aliphatic carbocycles. The van der Waals surface area contributed by atoms with Gasteiger partial charge in [-0.15, -0.1) is 0 Å². The molecule has 0 spiro atoms. The van der Waals surface area contributed by atoms with E-state index in [1.807, 2.05) is 0 Å². The number of allylic oxidation sites excluding steroid dienone is 5. The van der Waals surface area contributed by atoms with Gasteiger partial charge in [-0.2, -0.15) is 0 Å². The first kappa shape index (κ1) is 9.06. The largest absolute Gasteiger partial charge is 0.357 e. The van der Waals surface area contributed by atoms with Gasteiger partial charge in [0.1, 0.15) is 0 Å². The van der Waals surface area contributed by atoms with E-state index in [2.05, 4.69) is 59.6 Å². The summed E-state index contributed by atoms with van der Waals surface area (Å²) in [7, 11) is 0. The van der Waals surface area contributed by atoms with Crippen LogP contribution in [0.4, 0.5) is 0 Å². The van der Waals surface area contributed by atoms with Crippen molar-refractivity contribution in [1.29, 1.82) is 0 Å². The zero-order valence-electron chi connectivity index (χ0n) is 9.48. The quantitative estimate of drug-likeness (QED) is 0.684. The maximum atomic E-state index is 3.59. The maximum absolute atomic E-state index is 3.59. The fourth-order valence-corrected chi connectivity index (χ4v) is 2.92. The SMILES string of the molecule is C1=CCC2C(=C1)C=Cc1c2[nH]c2ccccc12. The van der Waals surface area contributed by atoms with Gasteiger partial charge in [0.05, 0.1) is 0 Å². The van der Waals surface area contributed by atoms with Crippen molar-refractivity contribution in [2.75, 3.05) is 0 Å². The van der Waals surface area contributed by atoms with Gasteiger partial charge in [0, 0.05) is 28.1 Å². The van der Waals surface area contributed by atoms with Gasteiger partial charge < -0.3 is 4.98 Å². The standard InChI is InChI=1S/C16H13N/c1-2-6-12-11(5-1)9-10-14-13-7-3-4-8-15(13)17-16(12)14/h1-5,7-10,12,17H,6H2. The molecule has 0 aliphatic heterocycles. The van der Waals surface area contributed by atoms with E-state index < -0.39 is 0 Å². The molecular formula is C16H13N. The van der Waals surface area contributed by atoms with Crippen LogP contribution < -0.4 is 0 Å². The van der Waals surface area contributed by atoms with E-state index in [1.54, 1.807) is 0 Å². The predicted molar refractivity (Wildman–Crippen MR) is 71.9 cm³/mol. The molecule has 82 valence electrons. The Hall–Kier alpha value is -2.02. The van der Waals surface area contributed by atoms with Crippen molar-refractivity contribution in [2.45, 2.75) is 12.3 Å². The number of hydrogen-bond donors (Lipinski definition) is 1. The van der Waals surface area contributed by atoms with Crippen molar-refractivity contribution in [3.05, 3.63) is 65.4 Å². The highest BCUT2D eigenvalue weighted by Gasteiger charge is 2.24. The molecule has 0 saturated heterocycles. The second-order valence-electron chi connectivity index (χ2n) is 4.71. The number of aromatic nitrogens is 1. The third kappa shape index (κ3) is 1.19. The molecule has 0 bridgehead atoms. The first-order valence-corrected chi connectivity index (χ1v) is 6.09. The topological polar surface area (TPSA) is 15.8 Å². The molecule has 1 aromatic carbocycles. The van der Waals surface area contributed by atoms with Crippen LogP contribution in [-0.2, 0) is 0 Å². The summed E-state index contributed by atoms with van der Waals surface area (Å²) >= 11 is 0. The molecule has 0 amide bonds. The van der Waals surface area contributed by atoms with Gasteiger partial charge in [-0.3, -0.25) is 0 Å². The Kier molecular flexibility index (Phi) is 1.72. The fourth-order valence-electron chi connectivity index (χ4n) is 2.92. The summed E-state index contributed by atoms with van der Waals surface area (Å²) in [5, 5.41) is 1.34. The summed E-state index contributed by atoms with van der Waals surface area (Å²) in [5.41, 5.74) is 5.42. The molecule has 2 aliphatic rings. The summed E-state index contributed by atoms with van der Waals surface area (Å²) < 4.78 is 0. The molecule has 0 fully saturated rings. The fraction of sp³-hybridized carbons (Fsp3) is 0.125. The van der Waals surface area contributed by atoms with Crippen LogP contribution in [0.3, 0.4) is 0 Å². The second-order valence-corrected chi connectivity index (χ2v) is 4.71. The Morgan fingerprint density at radius 3 is 3.06 bits per heavy atom. The van der Waals surface area contributed by atoms with E-state index in [-0.39, 0.29) is 0 Å². The van der Waals surface area contributed by atoms with E-state index in [0.29, 0.717) is 5.92 Å². The molecule has 1 nitrogen and oxygen atoms in total. The molecule has 1 atom stereocenters. The van der Waals surface area contributed by atoms with Crippen molar-refractivity contribution < 1.29 is 0 Å². The van der Waals surface area contributed by atoms with Crippen molar-refractivity contribution >= 4 is 17.0 Å². The third-order valence-corrected chi connectivity index (χ3v) is 3.77. The first-order chi connectivity index (χ1) is 8.43. The highest BCUT2D eigenvalue weighted by molar-refractivity contribution is 5.92. The average molecular weight is 219 g/mol. The van der Waals surface area contributed by atoms with Crippen LogP contribution >= 0.6 is 0 Å². The zero-order valence-corrected chi connectivity index (χ0v) is 9.48. The zero-order chi connectivity index (χ0) is 11.2. The molecule has 4 rings (SSSR count). The van der Waals surface area contributed by atoms with Crippen LogP contribution in [-0.4, -0.2) is 4.98 Å². The van der Waals surface area contributed by atoms with E-state index in [0.717, 1.165) is 6.42 Å². The van der Waals surface area contributed by atoms with Crippen LogP contribution in [0, 0.1) is 0 Å². The van der Waals surface area contributed by atoms with E-state index in [9.17, 15) is 0 Å². The molecule has 0 radical (unpaired) electrons. The highest BCUT2D eigenvalue weighted by atomic mass is 14.7. The number of hydrogen-bond acceptors (Lipinski definition) is 0. The summed E-state index contributed by atoms with van der Waals surface area (Å²) in [5.74, 6) is 0.521. The molecule has 1 unspecified atom stereocenters. The van der Waals surface area contributed by atoms with E-state index in [4.69, 9.17) is 0 Å². The number of aromatic amines is 1. The highest BCUT2D eigenvalue weighted by Crippen LogP contribution is 2.40. The van der Waals surface area contributed by atoms with Crippen molar-refractivity contribution in [3.63, 3.8) is 0 Å². The van der Waals surface area contributed by atoms with Crippen LogP contribution in [0.5, 0.6) is 0 Å². The molecular weight excluding hydrogens is 206 g/mol. The molecule has 1 N–H and O–H groups in total. The number of H-pyrrole nitrogens is 1. The molecule has 1 heterocycles. The Morgan fingerprint density at radius 2 is 2.06 bits per heavy atom. The van der Waals surface area contributed by atoms with E-state index >= 15 is 0 Å². The van der Waals surface area contributed by atoms with E-state index in [1.165, 1.54) is 27.7 Å².